The molecular weight excluding hydrogens is 472 g/mol. The van der Waals surface area contributed by atoms with E-state index in [0.29, 0.717) is 32.7 Å². The molecule has 3 aromatic rings. The van der Waals surface area contributed by atoms with E-state index in [1.165, 1.54) is 26.4 Å². The van der Waals surface area contributed by atoms with Gasteiger partial charge in [-0.05, 0) is 24.3 Å². The molecule has 1 fully saturated rings. The third kappa shape index (κ3) is 5.36. The second-order valence-corrected chi connectivity index (χ2v) is 8.78. The van der Waals surface area contributed by atoms with Gasteiger partial charge in [0.05, 0.1) is 38.0 Å². The lowest BCUT2D eigenvalue weighted by atomic mass is 10.1. The Kier molecular flexibility index (Phi) is 7.47. The van der Waals surface area contributed by atoms with Crippen molar-refractivity contribution in [1.82, 2.24) is 14.8 Å². The Bertz CT molecular complexity index is 1210. The zero-order valence-corrected chi connectivity index (χ0v) is 20.5. The summed E-state index contributed by atoms with van der Waals surface area (Å²) in [6.07, 6.45) is 0. The number of carbonyl (C=O) groups is 1. The lowest BCUT2D eigenvalue weighted by molar-refractivity contribution is -0.385. The normalized spacial score (nSPS) is 14.0. The van der Waals surface area contributed by atoms with Crippen LogP contribution in [0, 0.1) is 10.1 Å². The van der Waals surface area contributed by atoms with E-state index in [9.17, 15) is 14.9 Å². The first-order chi connectivity index (χ1) is 16.9. The molecule has 1 aliphatic rings. The van der Waals surface area contributed by atoms with Gasteiger partial charge >= 0.3 is 0 Å². The monoisotopic (exact) mass is 498 g/mol. The molecule has 2 aromatic carbocycles. The van der Waals surface area contributed by atoms with E-state index in [1.807, 2.05) is 29.6 Å². The van der Waals surface area contributed by atoms with Crippen LogP contribution in [0.5, 0.6) is 17.2 Å². The van der Waals surface area contributed by atoms with E-state index in [4.69, 9.17) is 19.2 Å². The van der Waals surface area contributed by atoms with Crippen molar-refractivity contribution >= 4 is 22.9 Å². The molecule has 1 aliphatic heterocycles. The summed E-state index contributed by atoms with van der Waals surface area (Å²) in [6, 6.07) is 10.4. The van der Waals surface area contributed by atoms with Crippen molar-refractivity contribution in [3.05, 3.63) is 63.1 Å². The molecule has 4 rings (SSSR count). The van der Waals surface area contributed by atoms with Crippen molar-refractivity contribution in [1.29, 1.82) is 0 Å². The fraction of sp³-hybridized carbons (Fsp3) is 0.333. The van der Waals surface area contributed by atoms with Crippen molar-refractivity contribution in [3.8, 4) is 27.8 Å². The average Bonchev–Trinajstić information content (AvgIpc) is 3.36. The molecule has 184 valence electrons. The van der Waals surface area contributed by atoms with Crippen LogP contribution in [-0.4, -0.2) is 73.1 Å². The first kappa shape index (κ1) is 24.4. The highest BCUT2D eigenvalue weighted by Gasteiger charge is 2.30. The van der Waals surface area contributed by atoms with Crippen LogP contribution < -0.4 is 14.2 Å². The molecule has 1 amide bonds. The zero-order chi connectivity index (χ0) is 24.9. The van der Waals surface area contributed by atoms with Crippen LogP contribution in [0.1, 0.15) is 16.1 Å². The summed E-state index contributed by atoms with van der Waals surface area (Å²) in [6.45, 7) is 2.87. The van der Waals surface area contributed by atoms with Gasteiger partial charge in [-0.15, -0.1) is 11.3 Å². The standard InChI is InChI=1S/C24H26N4O6S/c1-32-18-6-4-16(5-7-18)23-25-17(15-35-23)14-26-8-10-27(11-9-26)24(29)19-12-21(33-2)22(34-3)13-20(19)28(30)31/h4-7,12-13,15H,8-11,14H2,1-3H3. The van der Waals surface area contributed by atoms with Crippen LogP contribution in [0.3, 0.4) is 0 Å². The minimum atomic E-state index is -0.575. The van der Waals surface area contributed by atoms with Gasteiger partial charge in [0, 0.05) is 49.7 Å². The van der Waals surface area contributed by atoms with E-state index in [-0.39, 0.29) is 22.7 Å². The molecule has 0 atom stereocenters. The van der Waals surface area contributed by atoms with E-state index in [2.05, 4.69) is 4.90 Å². The molecule has 1 saturated heterocycles. The summed E-state index contributed by atoms with van der Waals surface area (Å²) in [4.78, 5) is 32.8. The molecule has 0 aliphatic carbocycles. The second-order valence-electron chi connectivity index (χ2n) is 7.92. The number of nitro benzene ring substituents is 1. The fourth-order valence-electron chi connectivity index (χ4n) is 3.94. The van der Waals surface area contributed by atoms with Crippen molar-refractivity contribution in [2.24, 2.45) is 0 Å². The maximum absolute atomic E-state index is 13.2. The Morgan fingerprint density at radius 2 is 1.69 bits per heavy atom. The van der Waals surface area contributed by atoms with Gasteiger partial charge in [-0.1, -0.05) is 0 Å². The Hall–Kier alpha value is -3.70. The number of amides is 1. The Morgan fingerprint density at radius 3 is 2.29 bits per heavy atom. The smallest absolute Gasteiger partial charge is 0.286 e. The highest BCUT2D eigenvalue weighted by atomic mass is 32.1. The first-order valence-electron chi connectivity index (χ1n) is 10.9. The van der Waals surface area contributed by atoms with E-state index in [0.717, 1.165) is 22.0 Å². The molecule has 10 nitrogen and oxygen atoms in total. The van der Waals surface area contributed by atoms with E-state index < -0.39 is 10.8 Å². The van der Waals surface area contributed by atoms with E-state index >= 15 is 0 Å². The largest absolute Gasteiger partial charge is 0.497 e. The second kappa shape index (κ2) is 10.7. The predicted octanol–water partition coefficient (Wildman–Crippen LogP) is 3.70. The fourth-order valence-corrected chi connectivity index (χ4v) is 4.76. The molecular formula is C24H26N4O6S. The van der Waals surface area contributed by atoms with Crippen LogP contribution >= 0.6 is 11.3 Å². The van der Waals surface area contributed by atoms with Gasteiger partial charge in [0.25, 0.3) is 11.6 Å². The quantitative estimate of drug-likeness (QED) is 0.342. The molecule has 0 saturated carbocycles. The van der Waals surface area contributed by atoms with Crippen molar-refractivity contribution in [2.75, 3.05) is 47.5 Å². The highest BCUT2D eigenvalue weighted by molar-refractivity contribution is 7.13. The third-order valence-corrected chi connectivity index (χ3v) is 6.80. The number of thiazole rings is 1. The lowest BCUT2D eigenvalue weighted by Gasteiger charge is -2.34. The van der Waals surface area contributed by atoms with Gasteiger partial charge in [0.2, 0.25) is 0 Å². The predicted molar refractivity (Wildman–Crippen MR) is 131 cm³/mol. The maximum atomic E-state index is 13.2. The molecule has 1 aromatic heterocycles. The molecule has 0 bridgehead atoms. The number of methoxy groups -OCH3 is 3. The van der Waals surface area contributed by atoms with Crippen molar-refractivity contribution in [2.45, 2.75) is 6.54 Å². The number of benzene rings is 2. The molecule has 0 spiro atoms. The molecule has 2 heterocycles. The number of piperazine rings is 1. The number of ether oxygens (including phenoxy) is 3. The number of carbonyl (C=O) groups excluding carboxylic acids is 1. The van der Waals surface area contributed by atoms with Crippen LogP contribution in [-0.2, 0) is 6.54 Å². The molecule has 0 unspecified atom stereocenters. The van der Waals surface area contributed by atoms with Crippen LogP contribution in [0.25, 0.3) is 10.6 Å². The van der Waals surface area contributed by atoms with Gasteiger partial charge in [-0.25, -0.2) is 4.98 Å². The Morgan fingerprint density at radius 1 is 1.03 bits per heavy atom. The summed E-state index contributed by atoms with van der Waals surface area (Å²) in [5.74, 6) is 0.887. The lowest BCUT2D eigenvalue weighted by Crippen LogP contribution is -2.48. The van der Waals surface area contributed by atoms with Gasteiger partial charge < -0.3 is 19.1 Å². The van der Waals surface area contributed by atoms with Crippen LogP contribution in [0.4, 0.5) is 5.69 Å². The highest BCUT2D eigenvalue weighted by Crippen LogP contribution is 2.35. The minimum absolute atomic E-state index is 0.00950. The summed E-state index contributed by atoms with van der Waals surface area (Å²) in [7, 11) is 4.46. The number of aromatic nitrogens is 1. The number of rotatable bonds is 8. The SMILES string of the molecule is COc1ccc(-c2nc(CN3CCN(C(=O)c4cc(OC)c(OC)cc4[N+](=O)[O-])CC3)cs2)cc1. The molecule has 35 heavy (non-hydrogen) atoms. The molecule has 0 N–H and O–H groups in total. The summed E-state index contributed by atoms with van der Waals surface area (Å²) < 4.78 is 15.6. The number of hydrogen-bond acceptors (Lipinski definition) is 9. The molecule has 11 heteroatoms. The van der Waals surface area contributed by atoms with Gasteiger partial charge in [-0.3, -0.25) is 19.8 Å². The van der Waals surface area contributed by atoms with Gasteiger partial charge in [0.15, 0.2) is 11.5 Å². The number of hydrogen-bond donors (Lipinski definition) is 0. The average molecular weight is 499 g/mol. The maximum Gasteiger partial charge on any atom is 0.286 e. The summed E-state index contributed by atoms with van der Waals surface area (Å²) in [5.41, 5.74) is 1.69. The van der Waals surface area contributed by atoms with Crippen molar-refractivity contribution in [3.63, 3.8) is 0 Å². The van der Waals surface area contributed by atoms with Crippen LogP contribution in [0.2, 0.25) is 0 Å². The van der Waals surface area contributed by atoms with Gasteiger partial charge in [0.1, 0.15) is 16.3 Å². The minimum Gasteiger partial charge on any atom is -0.497 e. The first-order valence-corrected chi connectivity index (χ1v) is 11.8. The Balaban J connectivity index is 1.40. The van der Waals surface area contributed by atoms with E-state index in [1.54, 1.807) is 23.3 Å². The number of nitro groups is 1. The topological polar surface area (TPSA) is 107 Å². The summed E-state index contributed by atoms with van der Waals surface area (Å²) in [5, 5.41) is 14.6. The number of nitrogens with zero attached hydrogens (tertiary/aromatic N) is 4. The van der Waals surface area contributed by atoms with Crippen molar-refractivity contribution < 1.29 is 23.9 Å². The molecule has 0 radical (unpaired) electrons. The third-order valence-electron chi connectivity index (χ3n) is 5.86. The zero-order valence-electron chi connectivity index (χ0n) is 19.7. The van der Waals surface area contributed by atoms with Crippen LogP contribution in [0.15, 0.2) is 41.8 Å². The van der Waals surface area contributed by atoms with Gasteiger partial charge in [-0.2, -0.15) is 0 Å². The Labute approximate surface area is 206 Å². The summed E-state index contributed by atoms with van der Waals surface area (Å²) >= 11 is 1.59.